The normalized spacial score (nSPS) is 24.3. The number of piperazine rings is 1. The van der Waals surface area contributed by atoms with Crippen molar-refractivity contribution in [2.24, 2.45) is 5.92 Å². The van der Waals surface area contributed by atoms with E-state index in [2.05, 4.69) is 45.3 Å². The van der Waals surface area contributed by atoms with Crippen LogP contribution in [0.15, 0.2) is 18.3 Å². The number of aromatic nitrogens is 1. The maximum atomic E-state index is 12.1. The highest BCUT2D eigenvalue weighted by molar-refractivity contribution is 5.74. The smallest absolute Gasteiger partial charge is 0.315 e. The standard InChI is InChI=1S/C19H31N5O/c1-3-23-9-11-24(12-10-23)18-13-16(7-8-20-18)14-21-19(25)22-17-6-4-5-15(17)2/h7-8,13,15,17H,3-6,9-12,14H2,1-2H3,(H2,21,22,25)/t15-,17-/m0/s1. The van der Waals surface area contributed by atoms with Crippen molar-refractivity contribution < 1.29 is 4.79 Å². The van der Waals surface area contributed by atoms with Crippen LogP contribution in [0.1, 0.15) is 38.7 Å². The van der Waals surface area contributed by atoms with Crippen LogP contribution in [0.2, 0.25) is 0 Å². The van der Waals surface area contributed by atoms with Gasteiger partial charge in [0.05, 0.1) is 0 Å². The van der Waals surface area contributed by atoms with Gasteiger partial charge in [-0.05, 0) is 43.0 Å². The quantitative estimate of drug-likeness (QED) is 0.859. The Morgan fingerprint density at radius 2 is 2.08 bits per heavy atom. The molecule has 0 aromatic carbocycles. The number of anilines is 1. The van der Waals surface area contributed by atoms with Crippen molar-refractivity contribution in [3.8, 4) is 0 Å². The van der Waals surface area contributed by atoms with Crippen LogP contribution in [-0.2, 0) is 6.54 Å². The summed E-state index contributed by atoms with van der Waals surface area (Å²) in [5.74, 6) is 1.60. The SMILES string of the molecule is CCN1CCN(c2cc(CNC(=O)N[C@H]3CCC[C@@H]3C)ccn2)CC1. The third-order valence-electron chi connectivity index (χ3n) is 5.58. The first-order valence-electron chi connectivity index (χ1n) is 9.62. The summed E-state index contributed by atoms with van der Waals surface area (Å²) in [4.78, 5) is 21.4. The molecule has 1 aliphatic carbocycles. The summed E-state index contributed by atoms with van der Waals surface area (Å²) in [6, 6.07) is 4.33. The van der Waals surface area contributed by atoms with Gasteiger partial charge in [-0.15, -0.1) is 0 Å². The van der Waals surface area contributed by atoms with Crippen molar-refractivity contribution in [3.05, 3.63) is 23.9 Å². The zero-order chi connectivity index (χ0) is 17.6. The van der Waals surface area contributed by atoms with Crippen LogP contribution in [0.25, 0.3) is 0 Å². The van der Waals surface area contributed by atoms with Gasteiger partial charge in [0.15, 0.2) is 0 Å². The molecule has 2 heterocycles. The first-order valence-corrected chi connectivity index (χ1v) is 9.62. The average molecular weight is 345 g/mol. The molecule has 25 heavy (non-hydrogen) atoms. The van der Waals surface area contributed by atoms with Crippen LogP contribution < -0.4 is 15.5 Å². The van der Waals surface area contributed by atoms with Gasteiger partial charge in [-0.25, -0.2) is 9.78 Å². The van der Waals surface area contributed by atoms with Crippen LogP contribution in [0.4, 0.5) is 10.6 Å². The Morgan fingerprint density at radius 1 is 1.28 bits per heavy atom. The van der Waals surface area contributed by atoms with E-state index in [0.29, 0.717) is 18.5 Å². The van der Waals surface area contributed by atoms with Gasteiger partial charge in [-0.3, -0.25) is 0 Å². The maximum Gasteiger partial charge on any atom is 0.315 e. The van der Waals surface area contributed by atoms with Crippen LogP contribution in [0, 0.1) is 5.92 Å². The van der Waals surface area contributed by atoms with Crippen molar-refractivity contribution in [1.29, 1.82) is 0 Å². The second kappa shape index (κ2) is 8.52. The zero-order valence-corrected chi connectivity index (χ0v) is 15.5. The van der Waals surface area contributed by atoms with E-state index < -0.39 is 0 Å². The number of carbonyl (C=O) groups excluding carboxylic acids is 1. The van der Waals surface area contributed by atoms with E-state index in [4.69, 9.17) is 0 Å². The predicted molar refractivity (Wildman–Crippen MR) is 101 cm³/mol. The van der Waals surface area contributed by atoms with Crippen molar-refractivity contribution in [1.82, 2.24) is 20.5 Å². The van der Waals surface area contributed by atoms with Crippen LogP contribution in [0.3, 0.4) is 0 Å². The Kier molecular flexibility index (Phi) is 6.13. The fourth-order valence-corrected chi connectivity index (χ4v) is 3.80. The summed E-state index contributed by atoms with van der Waals surface area (Å²) in [5, 5.41) is 6.09. The van der Waals surface area contributed by atoms with Gasteiger partial charge in [0.25, 0.3) is 0 Å². The monoisotopic (exact) mass is 345 g/mol. The molecule has 1 saturated carbocycles. The molecule has 138 valence electrons. The molecule has 0 bridgehead atoms. The molecule has 6 nitrogen and oxygen atoms in total. The zero-order valence-electron chi connectivity index (χ0n) is 15.5. The molecule has 2 N–H and O–H groups in total. The summed E-state index contributed by atoms with van der Waals surface area (Å²) in [7, 11) is 0. The highest BCUT2D eigenvalue weighted by Gasteiger charge is 2.24. The third kappa shape index (κ3) is 4.84. The number of pyridine rings is 1. The largest absolute Gasteiger partial charge is 0.354 e. The first-order chi connectivity index (χ1) is 12.2. The molecule has 1 aliphatic heterocycles. The fraction of sp³-hybridized carbons (Fsp3) is 0.684. The molecular formula is C19H31N5O. The van der Waals surface area contributed by atoms with Crippen molar-refractivity contribution in [3.63, 3.8) is 0 Å². The van der Waals surface area contributed by atoms with E-state index in [-0.39, 0.29) is 6.03 Å². The molecule has 1 aromatic rings. The molecule has 3 rings (SSSR count). The molecule has 0 spiro atoms. The number of rotatable bonds is 5. The van der Waals surface area contributed by atoms with Gasteiger partial charge >= 0.3 is 6.03 Å². The number of amides is 2. The molecule has 2 atom stereocenters. The molecule has 2 fully saturated rings. The second-order valence-electron chi connectivity index (χ2n) is 7.29. The lowest BCUT2D eigenvalue weighted by atomic mass is 10.1. The summed E-state index contributed by atoms with van der Waals surface area (Å²) in [6.45, 7) is 10.3. The number of nitrogens with one attached hydrogen (secondary N) is 2. The molecular weight excluding hydrogens is 314 g/mol. The van der Waals surface area contributed by atoms with E-state index in [1.807, 2.05) is 12.3 Å². The predicted octanol–water partition coefficient (Wildman–Crippen LogP) is 2.21. The molecule has 0 unspecified atom stereocenters. The second-order valence-corrected chi connectivity index (χ2v) is 7.29. The fourth-order valence-electron chi connectivity index (χ4n) is 3.80. The Hall–Kier alpha value is -1.82. The average Bonchev–Trinajstić information content (AvgIpc) is 3.05. The summed E-state index contributed by atoms with van der Waals surface area (Å²) in [5.41, 5.74) is 1.09. The lowest BCUT2D eigenvalue weighted by Gasteiger charge is -2.34. The Bertz CT molecular complexity index is 571. The topological polar surface area (TPSA) is 60.5 Å². The summed E-state index contributed by atoms with van der Waals surface area (Å²) in [6.07, 6.45) is 5.36. The number of nitrogens with zero attached hydrogens (tertiary/aromatic N) is 3. The van der Waals surface area contributed by atoms with Crippen LogP contribution in [-0.4, -0.2) is 54.7 Å². The van der Waals surface area contributed by atoms with E-state index >= 15 is 0 Å². The Morgan fingerprint density at radius 3 is 2.76 bits per heavy atom. The van der Waals surface area contributed by atoms with Gasteiger partial charge in [-0.1, -0.05) is 20.3 Å². The molecule has 2 aliphatic rings. The third-order valence-corrected chi connectivity index (χ3v) is 5.58. The molecule has 1 saturated heterocycles. The number of urea groups is 1. The van der Waals surface area contributed by atoms with Crippen molar-refractivity contribution in [2.75, 3.05) is 37.6 Å². The van der Waals surface area contributed by atoms with Crippen LogP contribution in [0.5, 0.6) is 0 Å². The van der Waals surface area contributed by atoms with E-state index in [9.17, 15) is 4.79 Å². The van der Waals surface area contributed by atoms with Gasteiger partial charge < -0.3 is 20.4 Å². The number of hydrogen-bond acceptors (Lipinski definition) is 4. The van der Waals surface area contributed by atoms with E-state index in [1.54, 1.807) is 0 Å². The molecule has 2 amide bonds. The summed E-state index contributed by atoms with van der Waals surface area (Å²) >= 11 is 0. The maximum absolute atomic E-state index is 12.1. The lowest BCUT2D eigenvalue weighted by Crippen LogP contribution is -2.46. The first kappa shape index (κ1) is 18.0. The van der Waals surface area contributed by atoms with Crippen molar-refractivity contribution in [2.45, 2.75) is 45.7 Å². The highest BCUT2D eigenvalue weighted by Crippen LogP contribution is 2.24. The number of carbonyl (C=O) groups is 1. The van der Waals surface area contributed by atoms with Gasteiger partial charge in [0.2, 0.25) is 0 Å². The minimum Gasteiger partial charge on any atom is -0.354 e. The number of likely N-dealkylation sites (N-methyl/N-ethyl adjacent to an activating group) is 1. The van der Waals surface area contributed by atoms with Crippen LogP contribution >= 0.6 is 0 Å². The van der Waals surface area contributed by atoms with Crippen molar-refractivity contribution >= 4 is 11.8 Å². The van der Waals surface area contributed by atoms with E-state index in [0.717, 1.165) is 50.5 Å². The van der Waals surface area contributed by atoms with Gasteiger partial charge in [0.1, 0.15) is 5.82 Å². The van der Waals surface area contributed by atoms with E-state index in [1.165, 1.54) is 12.8 Å². The Balaban J connectivity index is 1.49. The Labute approximate surface area is 151 Å². The summed E-state index contributed by atoms with van der Waals surface area (Å²) < 4.78 is 0. The van der Waals surface area contributed by atoms with Gasteiger partial charge in [-0.2, -0.15) is 0 Å². The highest BCUT2D eigenvalue weighted by atomic mass is 16.2. The minimum atomic E-state index is -0.0614. The number of hydrogen-bond donors (Lipinski definition) is 2. The lowest BCUT2D eigenvalue weighted by molar-refractivity contribution is 0.234. The minimum absolute atomic E-state index is 0.0614. The van der Waals surface area contributed by atoms with Gasteiger partial charge in [0, 0.05) is 45.0 Å². The molecule has 1 aromatic heterocycles. The molecule has 0 radical (unpaired) electrons. The molecule has 6 heteroatoms.